The van der Waals surface area contributed by atoms with Crippen LogP contribution in [0.2, 0.25) is 0 Å². The van der Waals surface area contributed by atoms with E-state index in [4.69, 9.17) is 4.74 Å². The minimum atomic E-state index is -3.36. The van der Waals surface area contributed by atoms with Gasteiger partial charge in [-0.1, -0.05) is 6.92 Å². The maximum absolute atomic E-state index is 12.2. The van der Waals surface area contributed by atoms with Gasteiger partial charge in [0, 0.05) is 13.1 Å². The van der Waals surface area contributed by atoms with E-state index in [9.17, 15) is 22.8 Å². The SMILES string of the molecule is CCCNC(=O)[C@H](C)NC(=O)COC(=O)c1ccc2c(c1)CCN2S(C)(=O)=O. The van der Waals surface area contributed by atoms with Gasteiger partial charge in [0.25, 0.3) is 5.91 Å². The standard InChI is InChI=1S/C18H25N3O6S/c1-4-8-19-17(23)12(2)20-16(22)11-27-18(24)14-5-6-15-13(10-14)7-9-21(15)28(3,25)26/h5-6,10,12H,4,7-9,11H2,1-3H3,(H,19,23)(H,20,22)/t12-/m0/s1. The minimum absolute atomic E-state index is 0.232. The number of amides is 2. The topological polar surface area (TPSA) is 122 Å². The summed E-state index contributed by atoms with van der Waals surface area (Å²) in [6.45, 7) is 3.78. The largest absolute Gasteiger partial charge is 0.452 e. The first-order valence-electron chi connectivity index (χ1n) is 8.98. The number of anilines is 1. The Hall–Kier alpha value is -2.62. The molecule has 2 N–H and O–H groups in total. The Balaban J connectivity index is 1.90. The highest BCUT2D eigenvalue weighted by Gasteiger charge is 2.27. The van der Waals surface area contributed by atoms with Crippen LogP contribution in [-0.4, -0.2) is 58.2 Å². The molecule has 0 aromatic heterocycles. The quantitative estimate of drug-likeness (QED) is 0.589. The fraction of sp³-hybridized carbons (Fsp3) is 0.500. The zero-order valence-corrected chi connectivity index (χ0v) is 17.0. The minimum Gasteiger partial charge on any atom is -0.452 e. The number of hydrogen-bond acceptors (Lipinski definition) is 6. The molecule has 1 aliphatic rings. The Labute approximate surface area is 164 Å². The van der Waals surface area contributed by atoms with Crippen LogP contribution in [0, 0.1) is 0 Å². The van der Waals surface area contributed by atoms with E-state index in [-0.39, 0.29) is 11.5 Å². The monoisotopic (exact) mass is 411 g/mol. The van der Waals surface area contributed by atoms with Crippen molar-refractivity contribution in [2.75, 3.05) is 30.3 Å². The summed E-state index contributed by atoms with van der Waals surface area (Å²) >= 11 is 0. The van der Waals surface area contributed by atoms with Crippen LogP contribution in [0.25, 0.3) is 0 Å². The maximum Gasteiger partial charge on any atom is 0.338 e. The molecule has 10 heteroatoms. The van der Waals surface area contributed by atoms with E-state index in [2.05, 4.69) is 10.6 Å². The van der Waals surface area contributed by atoms with Crippen LogP contribution < -0.4 is 14.9 Å². The molecule has 1 heterocycles. The van der Waals surface area contributed by atoms with Gasteiger partial charge in [-0.05, 0) is 43.5 Å². The van der Waals surface area contributed by atoms with Crippen LogP contribution >= 0.6 is 0 Å². The number of fused-ring (bicyclic) bond motifs is 1. The van der Waals surface area contributed by atoms with Gasteiger partial charge in [0.15, 0.2) is 6.61 Å². The van der Waals surface area contributed by atoms with Crippen molar-refractivity contribution in [2.24, 2.45) is 0 Å². The van der Waals surface area contributed by atoms with Gasteiger partial charge >= 0.3 is 5.97 Å². The van der Waals surface area contributed by atoms with Crippen molar-refractivity contribution in [1.29, 1.82) is 0 Å². The zero-order chi connectivity index (χ0) is 20.9. The molecule has 2 rings (SSSR count). The van der Waals surface area contributed by atoms with Crippen LogP contribution in [0.3, 0.4) is 0 Å². The van der Waals surface area contributed by atoms with E-state index < -0.39 is 34.5 Å². The highest BCUT2D eigenvalue weighted by Crippen LogP contribution is 2.30. The third-order valence-electron chi connectivity index (χ3n) is 4.22. The fourth-order valence-electron chi connectivity index (χ4n) is 2.81. The van der Waals surface area contributed by atoms with Gasteiger partial charge in [0.1, 0.15) is 6.04 Å². The van der Waals surface area contributed by atoms with Crippen molar-refractivity contribution < 1.29 is 27.5 Å². The number of ether oxygens (including phenoxy) is 1. The molecule has 2 amide bonds. The van der Waals surface area contributed by atoms with Gasteiger partial charge in [0.2, 0.25) is 15.9 Å². The predicted molar refractivity (Wildman–Crippen MR) is 104 cm³/mol. The summed E-state index contributed by atoms with van der Waals surface area (Å²) in [5.74, 6) is -1.59. The third kappa shape index (κ3) is 5.44. The second-order valence-corrected chi connectivity index (χ2v) is 8.49. The first kappa shape index (κ1) is 21.7. The Kier molecular flexibility index (Phi) is 7.00. The number of esters is 1. The van der Waals surface area contributed by atoms with Crippen molar-refractivity contribution >= 4 is 33.5 Å². The first-order valence-corrected chi connectivity index (χ1v) is 10.8. The summed E-state index contributed by atoms with van der Waals surface area (Å²) in [5.41, 5.74) is 1.50. The molecule has 28 heavy (non-hydrogen) atoms. The normalized spacial score (nSPS) is 14.2. The molecule has 0 aliphatic carbocycles. The van der Waals surface area contributed by atoms with Crippen LogP contribution in [-0.2, 0) is 30.8 Å². The molecular formula is C18H25N3O6S. The lowest BCUT2D eigenvalue weighted by Crippen LogP contribution is -2.46. The smallest absolute Gasteiger partial charge is 0.338 e. The molecule has 154 valence electrons. The summed E-state index contributed by atoms with van der Waals surface area (Å²) in [5, 5.41) is 5.12. The number of hydrogen-bond donors (Lipinski definition) is 2. The Morgan fingerprint density at radius 1 is 1.29 bits per heavy atom. The fourth-order valence-corrected chi connectivity index (χ4v) is 3.77. The lowest BCUT2D eigenvalue weighted by Gasteiger charge is -2.16. The highest BCUT2D eigenvalue weighted by atomic mass is 32.2. The Bertz CT molecular complexity index is 868. The molecule has 0 fully saturated rings. The molecule has 0 saturated heterocycles. The number of carbonyl (C=O) groups excluding carboxylic acids is 3. The summed E-state index contributed by atoms with van der Waals surface area (Å²) in [4.78, 5) is 35.8. The summed E-state index contributed by atoms with van der Waals surface area (Å²) < 4.78 is 29.8. The average Bonchev–Trinajstić information content (AvgIpc) is 3.07. The predicted octanol–water partition coefficient (Wildman–Crippen LogP) is 0.196. The Morgan fingerprint density at radius 2 is 2.00 bits per heavy atom. The van der Waals surface area contributed by atoms with Gasteiger partial charge in [-0.15, -0.1) is 0 Å². The third-order valence-corrected chi connectivity index (χ3v) is 5.40. The molecule has 0 radical (unpaired) electrons. The molecular weight excluding hydrogens is 386 g/mol. The van der Waals surface area contributed by atoms with Gasteiger partial charge in [-0.3, -0.25) is 13.9 Å². The zero-order valence-electron chi connectivity index (χ0n) is 16.1. The summed E-state index contributed by atoms with van der Waals surface area (Å²) in [6.07, 6.45) is 2.41. The molecule has 0 saturated carbocycles. The second-order valence-electron chi connectivity index (χ2n) is 6.58. The lowest BCUT2D eigenvalue weighted by atomic mass is 10.1. The number of carbonyl (C=O) groups is 3. The van der Waals surface area contributed by atoms with E-state index in [1.165, 1.54) is 10.4 Å². The molecule has 1 aliphatic heterocycles. The molecule has 1 atom stereocenters. The van der Waals surface area contributed by atoms with Crippen LogP contribution in [0.15, 0.2) is 18.2 Å². The number of benzene rings is 1. The van der Waals surface area contributed by atoms with E-state index in [1.807, 2.05) is 6.92 Å². The Morgan fingerprint density at radius 3 is 2.64 bits per heavy atom. The van der Waals surface area contributed by atoms with Crippen molar-refractivity contribution in [1.82, 2.24) is 10.6 Å². The van der Waals surface area contributed by atoms with Crippen molar-refractivity contribution in [2.45, 2.75) is 32.7 Å². The highest BCUT2D eigenvalue weighted by molar-refractivity contribution is 7.92. The van der Waals surface area contributed by atoms with Crippen LogP contribution in [0.4, 0.5) is 5.69 Å². The second kappa shape index (κ2) is 9.05. The van der Waals surface area contributed by atoms with E-state index in [0.29, 0.717) is 25.2 Å². The molecule has 9 nitrogen and oxygen atoms in total. The number of nitrogens with zero attached hydrogens (tertiary/aromatic N) is 1. The van der Waals surface area contributed by atoms with Gasteiger partial charge < -0.3 is 15.4 Å². The van der Waals surface area contributed by atoms with Crippen molar-refractivity contribution in [3.8, 4) is 0 Å². The van der Waals surface area contributed by atoms with E-state index >= 15 is 0 Å². The number of rotatable bonds is 8. The van der Waals surface area contributed by atoms with Gasteiger partial charge in [-0.25, -0.2) is 13.2 Å². The van der Waals surface area contributed by atoms with Crippen molar-refractivity contribution in [3.05, 3.63) is 29.3 Å². The van der Waals surface area contributed by atoms with E-state index in [0.717, 1.165) is 18.2 Å². The average molecular weight is 411 g/mol. The molecule has 0 bridgehead atoms. The molecule has 1 aromatic rings. The van der Waals surface area contributed by atoms with Crippen LogP contribution in [0.1, 0.15) is 36.2 Å². The van der Waals surface area contributed by atoms with Gasteiger partial charge in [-0.2, -0.15) is 0 Å². The summed E-state index contributed by atoms with van der Waals surface area (Å²) in [6, 6.07) is 3.85. The maximum atomic E-state index is 12.2. The lowest BCUT2D eigenvalue weighted by molar-refractivity contribution is -0.130. The van der Waals surface area contributed by atoms with Crippen LogP contribution in [0.5, 0.6) is 0 Å². The van der Waals surface area contributed by atoms with Gasteiger partial charge in [0.05, 0.1) is 17.5 Å². The van der Waals surface area contributed by atoms with E-state index in [1.54, 1.807) is 19.1 Å². The first-order chi connectivity index (χ1) is 13.1. The molecule has 0 spiro atoms. The molecule has 1 aromatic carbocycles. The number of nitrogens with one attached hydrogen (secondary N) is 2. The summed E-state index contributed by atoms with van der Waals surface area (Å²) in [7, 11) is -3.36. The number of sulfonamides is 1. The van der Waals surface area contributed by atoms with Crippen molar-refractivity contribution in [3.63, 3.8) is 0 Å². The molecule has 0 unspecified atom stereocenters.